The van der Waals surface area contributed by atoms with Crippen LogP contribution in [0.2, 0.25) is 0 Å². The van der Waals surface area contributed by atoms with Gasteiger partial charge in [0.05, 0.1) is 18.2 Å². The molecular weight excluding hydrogens is 388 g/mol. The summed E-state index contributed by atoms with van der Waals surface area (Å²) in [6.07, 6.45) is 1.80. The molecule has 1 unspecified atom stereocenters. The van der Waals surface area contributed by atoms with E-state index in [1.807, 2.05) is 6.92 Å². The van der Waals surface area contributed by atoms with Gasteiger partial charge in [-0.2, -0.15) is 9.78 Å². The Morgan fingerprint density at radius 2 is 1.90 bits per heavy atom. The SMILES string of the molecule is CCCn1c(=O)c(C(=O)N2CCCC(C(=O)OCC)C2)nn(-c2ccccc2)c1=O. The molecule has 1 fully saturated rings. The van der Waals surface area contributed by atoms with Gasteiger partial charge in [0, 0.05) is 19.6 Å². The highest BCUT2D eigenvalue weighted by Gasteiger charge is 2.32. The molecule has 1 aliphatic rings. The zero-order chi connectivity index (χ0) is 21.7. The van der Waals surface area contributed by atoms with Crippen molar-refractivity contribution >= 4 is 11.9 Å². The van der Waals surface area contributed by atoms with E-state index in [1.54, 1.807) is 37.3 Å². The second-order valence-electron chi connectivity index (χ2n) is 7.18. The largest absolute Gasteiger partial charge is 0.466 e. The molecule has 1 amide bonds. The number of hydrogen-bond donors (Lipinski definition) is 0. The van der Waals surface area contributed by atoms with Crippen molar-refractivity contribution in [3.05, 3.63) is 56.9 Å². The third-order valence-electron chi connectivity index (χ3n) is 5.04. The van der Waals surface area contributed by atoms with Gasteiger partial charge in [-0.25, -0.2) is 4.79 Å². The van der Waals surface area contributed by atoms with Gasteiger partial charge >= 0.3 is 11.7 Å². The zero-order valence-corrected chi connectivity index (χ0v) is 17.2. The monoisotopic (exact) mass is 414 g/mol. The van der Waals surface area contributed by atoms with Gasteiger partial charge in [0.1, 0.15) is 0 Å². The second-order valence-corrected chi connectivity index (χ2v) is 7.18. The van der Waals surface area contributed by atoms with Gasteiger partial charge in [0.25, 0.3) is 11.5 Å². The average molecular weight is 414 g/mol. The summed E-state index contributed by atoms with van der Waals surface area (Å²) in [4.78, 5) is 52.5. The third-order valence-corrected chi connectivity index (χ3v) is 5.04. The van der Waals surface area contributed by atoms with Crippen LogP contribution < -0.4 is 11.2 Å². The van der Waals surface area contributed by atoms with Crippen molar-refractivity contribution in [3.8, 4) is 5.69 Å². The number of ether oxygens (including phenoxy) is 1. The Morgan fingerprint density at radius 1 is 1.17 bits per heavy atom. The van der Waals surface area contributed by atoms with Crippen molar-refractivity contribution in [2.75, 3.05) is 19.7 Å². The molecule has 1 aromatic heterocycles. The van der Waals surface area contributed by atoms with Crippen LogP contribution in [-0.4, -0.2) is 50.8 Å². The smallest absolute Gasteiger partial charge is 0.352 e. The lowest BCUT2D eigenvalue weighted by atomic mass is 9.98. The summed E-state index contributed by atoms with van der Waals surface area (Å²) in [5.41, 5.74) is -1.16. The first kappa shape index (κ1) is 21.5. The topological polar surface area (TPSA) is 104 Å². The number of amides is 1. The number of piperidine rings is 1. The van der Waals surface area contributed by atoms with E-state index >= 15 is 0 Å². The summed E-state index contributed by atoms with van der Waals surface area (Å²) in [7, 11) is 0. The number of esters is 1. The number of carbonyl (C=O) groups is 2. The van der Waals surface area contributed by atoms with Crippen molar-refractivity contribution in [2.45, 2.75) is 39.7 Å². The highest BCUT2D eigenvalue weighted by molar-refractivity contribution is 5.92. The van der Waals surface area contributed by atoms with E-state index in [1.165, 1.54) is 4.90 Å². The van der Waals surface area contributed by atoms with Crippen molar-refractivity contribution in [1.29, 1.82) is 0 Å². The number of rotatable bonds is 6. The van der Waals surface area contributed by atoms with Crippen LogP contribution in [0.15, 0.2) is 39.9 Å². The van der Waals surface area contributed by atoms with E-state index in [9.17, 15) is 19.2 Å². The Balaban J connectivity index is 2.01. The normalized spacial score (nSPS) is 16.3. The highest BCUT2D eigenvalue weighted by Crippen LogP contribution is 2.19. The van der Waals surface area contributed by atoms with Crippen LogP contribution in [0.25, 0.3) is 5.69 Å². The Kier molecular flexibility index (Phi) is 6.81. The van der Waals surface area contributed by atoms with Crippen LogP contribution in [0.4, 0.5) is 0 Å². The number of carbonyl (C=O) groups excluding carboxylic acids is 2. The molecule has 0 aliphatic carbocycles. The van der Waals surface area contributed by atoms with Crippen LogP contribution in [0, 0.1) is 5.92 Å². The molecule has 9 heteroatoms. The minimum absolute atomic E-state index is 0.164. The zero-order valence-electron chi connectivity index (χ0n) is 17.2. The highest BCUT2D eigenvalue weighted by atomic mass is 16.5. The van der Waals surface area contributed by atoms with Crippen LogP contribution in [0.1, 0.15) is 43.6 Å². The molecule has 2 heterocycles. The molecule has 0 radical (unpaired) electrons. The summed E-state index contributed by atoms with van der Waals surface area (Å²) < 4.78 is 7.20. The summed E-state index contributed by atoms with van der Waals surface area (Å²) in [5, 5.41) is 4.13. The first-order valence-electron chi connectivity index (χ1n) is 10.2. The molecule has 0 spiro atoms. The molecule has 1 aromatic carbocycles. The molecule has 160 valence electrons. The van der Waals surface area contributed by atoms with E-state index in [4.69, 9.17) is 4.74 Å². The fourth-order valence-electron chi connectivity index (χ4n) is 3.57. The number of benzene rings is 1. The van der Waals surface area contributed by atoms with E-state index in [0.717, 1.165) is 9.25 Å². The summed E-state index contributed by atoms with van der Waals surface area (Å²) in [5.74, 6) is -1.36. The van der Waals surface area contributed by atoms with E-state index < -0.39 is 23.1 Å². The molecule has 9 nitrogen and oxygen atoms in total. The van der Waals surface area contributed by atoms with E-state index in [-0.39, 0.29) is 31.4 Å². The number of nitrogens with zero attached hydrogens (tertiary/aromatic N) is 4. The van der Waals surface area contributed by atoms with Crippen molar-refractivity contribution in [1.82, 2.24) is 19.2 Å². The molecule has 0 saturated carbocycles. The summed E-state index contributed by atoms with van der Waals surface area (Å²) in [6.45, 7) is 4.60. The predicted molar refractivity (Wildman–Crippen MR) is 110 cm³/mol. The van der Waals surface area contributed by atoms with Gasteiger partial charge in [-0.3, -0.25) is 19.0 Å². The Morgan fingerprint density at radius 3 is 2.57 bits per heavy atom. The minimum atomic E-state index is -0.711. The number of para-hydroxylation sites is 1. The van der Waals surface area contributed by atoms with E-state index in [0.29, 0.717) is 31.5 Å². The maximum Gasteiger partial charge on any atom is 0.352 e. The van der Waals surface area contributed by atoms with Crippen LogP contribution in [0.5, 0.6) is 0 Å². The van der Waals surface area contributed by atoms with Crippen molar-refractivity contribution < 1.29 is 14.3 Å². The molecule has 1 aliphatic heterocycles. The Hall–Kier alpha value is -3.23. The van der Waals surface area contributed by atoms with Crippen molar-refractivity contribution in [2.24, 2.45) is 5.92 Å². The molecule has 1 saturated heterocycles. The molecule has 30 heavy (non-hydrogen) atoms. The lowest BCUT2D eigenvalue weighted by Gasteiger charge is -2.31. The molecule has 3 rings (SSSR count). The predicted octanol–water partition coefficient (Wildman–Crippen LogP) is 1.22. The number of aromatic nitrogens is 3. The summed E-state index contributed by atoms with van der Waals surface area (Å²) >= 11 is 0. The number of likely N-dealkylation sites (tertiary alicyclic amines) is 1. The maximum absolute atomic E-state index is 13.2. The van der Waals surface area contributed by atoms with Gasteiger partial charge in [-0.05, 0) is 38.3 Å². The fourth-order valence-corrected chi connectivity index (χ4v) is 3.57. The Bertz CT molecular complexity index is 1030. The first-order chi connectivity index (χ1) is 14.5. The maximum atomic E-state index is 13.2. The molecular formula is C21H26N4O5. The molecule has 0 bridgehead atoms. The van der Waals surface area contributed by atoms with Gasteiger partial charge in [-0.15, -0.1) is 0 Å². The van der Waals surface area contributed by atoms with Crippen molar-refractivity contribution in [3.63, 3.8) is 0 Å². The second kappa shape index (κ2) is 9.51. The lowest BCUT2D eigenvalue weighted by Crippen LogP contribution is -2.49. The molecule has 1 atom stereocenters. The van der Waals surface area contributed by atoms with Gasteiger partial charge < -0.3 is 9.64 Å². The quantitative estimate of drug-likeness (QED) is 0.659. The van der Waals surface area contributed by atoms with Crippen LogP contribution in [-0.2, 0) is 16.1 Å². The van der Waals surface area contributed by atoms with Gasteiger partial charge in [0.2, 0.25) is 5.69 Å². The van der Waals surface area contributed by atoms with E-state index in [2.05, 4.69) is 5.10 Å². The van der Waals surface area contributed by atoms with Gasteiger partial charge in [-0.1, -0.05) is 25.1 Å². The number of hydrogen-bond acceptors (Lipinski definition) is 6. The van der Waals surface area contributed by atoms with Crippen LogP contribution in [0.3, 0.4) is 0 Å². The minimum Gasteiger partial charge on any atom is -0.466 e. The third kappa shape index (κ3) is 4.34. The summed E-state index contributed by atoms with van der Waals surface area (Å²) in [6, 6.07) is 8.65. The molecule has 0 N–H and O–H groups in total. The fraction of sp³-hybridized carbons (Fsp3) is 0.476. The Labute approximate surface area is 173 Å². The van der Waals surface area contributed by atoms with Gasteiger partial charge in [0.15, 0.2) is 0 Å². The lowest BCUT2D eigenvalue weighted by molar-refractivity contribution is -0.149. The first-order valence-corrected chi connectivity index (χ1v) is 10.2. The standard InChI is InChI=1S/C21H26N4O5/c1-3-12-24-19(27)17(22-25(21(24)29)16-10-6-5-7-11-16)18(26)23-13-8-9-15(14-23)20(28)30-4-2/h5-7,10-11,15H,3-4,8-9,12-14H2,1-2H3. The van der Waals surface area contributed by atoms with Crippen LogP contribution >= 0.6 is 0 Å². The molecule has 2 aromatic rings. The average Bonchev–Trinajstić information content (AvgIpc) is 2.77.